The van der Waals surface area contributed by atoms with E-state index in [4.69, 9.17) is 22.6 Å². The van der Waals surface area contributed by atoms with Gasteiger partial charge in [-0.15, -0.1) is 0 Å². The molecule has 1 aromatic heterocycles. The highest BCUT2D eigenvalue weighted by Gasteiger charge is 2.17. The SMILES string of the molecule is CC(N)c1nc2cccc(Cl)c2c(=O)n1-c1cccc(C#N)c1. The lowest BCUT2D eigenvalue weighted by atomic mass is 10.1. The van der Waals surface area contributed by atoms with Gasteiger partial charge >= 0.3 is 0 Å². The van der Waals surface area contributed by atoms with Gasteiger partial charge in [0.05, 0.1) is 39.3 Å². The average Bonchev–Trinajstić information content (AvgIpc) is 2.54. The second-order valence-electron chi connectivity index (χ2n) is 5.20. The number of fused-ring (bicyclic) bond motifs is 1. The van der Waals surface area contributed by atoms with Gasteiger partial charge in [0.1, 0.15) is 5.82 Å². The highest BCUT2D eigenvalue weighted by Crippen LogP contribution is 2.22. The summed E-state index contributed by atoms with van der Waals surface area (Å²) in [6.07, 6.45) is 0. The largest absolute Gasteiger partial charge is 0.322 e. The van der Waals surface area contributed by atoms with Crippen molar-refractivity contribution in [1.82, 2.24) is 9.55 Å². The first-order valence-electron chi connectivity index (χ1n) is 7.00. The standard InChI is InChI=1S/C17H13ClN4O/c1-10(20)16-21-14-7-3-6-13(18)15(14)17(23)22(16)12-5-2-4-11(8-12)9-19/h2-8,10H,20H2,1H3. The third kappa shape index (κ3) is 2.59. The summed E-state index contributed by atoms with van der Waals surface area (Å²) in [5.41, 5.74) is 7.19. The molecule has 0 bridgehead atoms. The molecule has 2 N–H and O–H groups in total. The monoisotopic (exact) mass is 324 g/mol. The predicted octanol–water partition coefficient (Wildman–Crippen LogP) is 2.93. The van der Waals surface area contributed by atoms with Crippen molar-refractivity contribution in [3.63, 3.8) is 0 Å². The molecule has 0 saturated carbocycles. The van der Waals surface area contributed by atoms with Gasteiger partial charge in [-0.3, -0.25) is 9.36 Å². The quantitative estimate of drug-likeness (QED) is 0.785. The normalized spacial score (nSPS) is 12.1. The molecule has 2 aromatic carbocycles. The van der Waals surface area contributed by atoms with Gasteiger partial charge in [-0.25, -0.2) is 4.98 Å². The van der Waals surface area contributed by atoms with Crippen LogP contribution in [-0.2, 0) is 0 Å². The van der Waals surface area contributed by atoms with Crippen molar-refractivity contribution < 1.29 is 0 Å². The van der Waals surface area contributed by atoms with Crippen molar-refractivity contribution in [3.8, 4) is 11.8 Å². The summed E-state index contributed by atoms with van der Waals surface area (Å²) in [4.78, 5) is 17.5. The first kappa shape index (κ1) is 15.2. The molecule has 1 unspecified atom stereocenters. The lowest BCUT2D eigenvalue weighted by molar-refractivity contribution is 0.696. The lowest BCUT2D eigenvalue weighted by Crippen LogP contribution is -2.27. The molecule has 0 fully saturated rings. The van der Waals surface area contributed by atoms with E-state index in [9.17, 15) is 4.79 Å². The topological polar surface area (TPSA) is 84.7 Å². The molecule has 0 aliphatic rings. The second-order valence-corrected chi connectivity index (χ2v) is 5.60. The predicted molar refractivity (Wildman–Crippen MR) is 89.7 cm³/mol. The fourth-order valence-corrected chi connectivity index (χ4v) is 2.73. The Kier molecular flexibility index (Phi) is 3.87. The van der Waals surface area contributed by atoms with Gasteiger partial charge in [0.25, 0.3) is 5.56 Å². The molecule has 0 spiro atoms. The Morgan fingerprint density at radius 2 is 2.04 bits per heavy atom. The van der Waals surface area contributed by atoms with E-state index in [0.717, 1.165) is 0 Å². The van der Waals surface area contributed by atoms with E-state index < -0.39 is 6.04 Å². The first-order chi connectivity index (χ1) is 11.0. The Labute approximate surface area is 137 Å². The van der Waals surface area contributed by atoms with E-state index in [1.54, 1.807) is 49.4 Å². The molecule has 1 atom stereocenters. The Bertz CT molecular complexity index is 1000. The molecule has 0 amide bonds. The van der Waals surface area contributed by atoms with Crippen LogP contribution in [0.1, 0.15) is 24.4 Å². The molecule has 0 saturated heterocycles. The maximum atomic E-state index is 13.0. The number of hydrogen-bond acceptors (Lipinski definition) is 4. The molecular weight excluding hydrogens is 312 g/mol. The second kappa shape index (κ2) is 5.84. The lowest BCUT2D eigenvalue weighted by Gasteiger charge is -2.16. The number of benzene rings is 2. The van der Waals surface area contributed by atoms with Crippen molar-refractivity contribution in [1.29, 1.82) is 5.26 Å². The minimum Gasteiger partial charge on any atom is -0.322 e. The van der Waals surface area contributed by atoms with Crippen molar-refractivity contribution >= 4 is 22.5 Å². The van der Waals surface area contributed by atoms with Gasteiger partial charge in [-0.1, -0.05) is 23.7 Å². The summed E-state index contributed by atoms with van der Waals surface area (Å²) in [7, 11) is 0. The van der Waals surface area contributed by atoms with Gasteiger partial charge in [-0.05, 0) is 37.3 Å². The zero-order valence-electron chi connectivity index (χ0n) is 12.3. The van der Waals surface area contributed by atoms with Crippen molar-refractivity contribution in [3.05, 3.63) is 69.2 Å². The van der Waals surface area contributed by atoms with Crippen LogP contribution in [0.4, 0.5) is 0 Å². The van der Waals surface area contributed by atoms with E-state index >= 15 is 0 Å². The summed E-state index contributed by atoms with van der Waals surface area (Å²) in [6, 6.07) is 13.4. The molecule has 5 nitrogen and oxygen atoms in total. The summed E-state index contributed by atoms with van der Waals surface area (Å²) in [5.74, 6) is 0.417. The summed E-state index contributed by atoms with van der Waals surface area (Å²) in [6.45, 7) is 1.75. The van der Waals surface area contributed by atoms with Crippen molar-refractivity contribution in [2.45, 2.75) is 13.0 Å². The van der Waals surface area contributed by atoms with Crippen molar-refractivity contribution in [2.75, 3.05) is 0 Å². The van der Waals surface area contributed by atoms with Crippen LogP contribution in [0.25, 0.3) is 16.6 Å². The zero-order valence-corrected chi connectivity index (χ0v) is 13.1. The van der Waals surface area contributed by atoms with Crippen LogP contribution in [0.2, 0.25) is 5.02 Å². The van der Waals surface area contributed by atoms with Crippen LogP contribution in [0.3, 0.4) is 0 Å². The van der Waals surface area contributed by atoms with E-state index in [2.05, 4.69) is 11.1 Å². The summed E-state index contributed by atoms with van der Waals surface area (Å²) in [5, 5.41) is 9.74. The average molecular weight is 325 g/mol. The Morgan fingerprint density at radius 1 is 1.30 bits per heavy atom. The number of nitrogens with zero attached hydrogens (tertiary/aromatic N) is 3. The highest BCUT2D eigenvalue weighted by molar-refractivity contribution is 6.35. The van der Waals surface area contributed by atoms with Gasteiger partial charge in [-0.2, -0.15) is 5.26 Å². The number of halogens is 1. The zero-order chi connectivity index (χ0) is 16.6. The van der Waals surface area contributed by atoms with Crippen LogP contribution in [0, 0.1) is 11.3 Å². The number of nitrogens with two attached hydrogens (primary N) is 1. The first-order valence-corrected chi connectivity index (χ1v) is 7.38. The molecule has 3 aromatic rings. The minimum absolute atomic E-state index is 0.303. The number of nitriles is 1. The molecule has 6 heteroatoms. The third-order valence-corrected chi connectivity index (χ3v) is 3.83. The highest BCUT2D eigenvalue weighted by atomic mass is 35.5. The summed E-state index contributed by atoms with van der Waals surface area (Å²) < 4.78 is 1.42. The van der Waals surface area contributed by atoms with Crippen LogP contribution in [0.5, 0.6) is 0 Å². The van der Waals surface area contributed by atoms with Gasteiger partial charge in [0.15, 0.2) is 0 Å². The van der Waals surface area contributed by atoms with E-state index in [1.165, 1.54) is 4.57 Å². The summed E-state index contributed by atoms with van der Waals surface area (Å²) >= 11 is 6.18. The molecule has 0 aliphatic carbocycles. The molecule has 23 heavy (non-hydrogen) atoms. The Balaban J connectivity index is 2.45. The maximum absolute atomic E-state index is 13.0. The fourth-order valence-electron chi connectivity index (χ4n) is 2.48. The van der Waals surface area contributed by atoms with E-state index in [0.29, 0.717) is 33.0 Å². The molecule has 114 valence electrons. The molecular formula is C17H13ClN4O. The van der Waals surface area contributed by atoms with Crippen LogP contribution in [0.15, 0.2) is 47.3 Å². The van der Waals surface area contributed by atoms with E-state index in [-0.39, 0.29) is 5.56 Å². The number of aromatic nitrogens is 2. The minimum atomic E-state index is -0.461. The van der Waals surface area contributed by atoms with E-state index in [1.807, 2.05) is 0 Å². The smallest absolute Gasteiger partial charge is 0.267 e. The van der Waals surface area contributed by atoms with Gasteiger partial charge < -0.3 is 5.73 Å². The van der Waals surface area contributed by atoms with Crippen LogP contribution >= 0.6 is 11.6 Å². The van der Waals surface area contributed by atoms with Crippen LogP contribution in [-0.4, -0.2) is 9.55 Å². The Morgan fingerprint density at radius 3 is 2.74 bits per heavy atom. The molecule has 3 rings (SSSR count). The number of hydrogen-bond donors (Lipinski definition) is 1. The molecule has 1 heterocycles. The third-order valence-electron chi connectivity index (χ3n) is 3.51. The van der Waals surface area contributed by atoms with Crippen molar-refractivity contribution in [2.24, 2.45) is 5.73 Å². The maximum Gasteiger partial charge on any atom is 0.267 e. The fraction of sp³-hybridized carbons (Fsp3) is 0.118. The van der Waals surface area contributed by atoms with Gasteiger partial charge in [0, 0.05) is 0 Å². The number of rotatable bonds is 2. The molecule has 0 aliphatic heterocycles. The Hall–Kier alpha value is -2.68. The van der Waals surface area contributed by atoms with Gasteiger partial charge in [0.2, 0.25) is 0 Å². The van der Waals surface area contributed by atoms with Crippen LogP contribution < -0.4 is 11.3 Å². The molecule has 0 radical (unpaired) electrons.